The molecule has 8 nitrogen and oxygen atoms in total. The molecule has 4 aromatic rings. The van der Waals surface area contributed by atoms with Gasteiger partial charge < -0.3 is 14.8 Å². The van der Waals surface area contributed by atoms with Crippen molar-refractivity contribution in [1.29, 1.82) is 0 Å². The molecule has 0 saturated carbocycles. The molecular weight excluding hydrogens is 422 g/mol. The predicted octanol–water partition coefficient (Wildman–Crippen LogP) is 3.59. The van der Waals surface area contributed by atoms with Crippen molar-refractivity contribution in [3.8, 4) is 5.75 Å². The summed E-state index contributed by atoms with van der Waals surface area (Å²) in [4.78, 5) is 40.8. The number of carboxylic acid groups (broad SMARTS) is 1. The van der Waals surface area contributed by atoms with Crippen LogP contribution in [0.5, 0.6) is 5.75 Å². The molecule has 8 heteroatoms. The van der Waals surface area contributed by atoms with E-state index in [1.165, 1.54) is 0 Å². The molecule has 0 atom stereocenters. The van der Waals surface area contributed by atoms with E-state index in [9.17, 15) is 14.4 Å². The maximum Gasteiger partial charge on any atom is 0.331 e. The van der Waals surface area contributed by atoms with Crippen molar-refractivity contribution in [2.45, 2.75) is 39.8 Å². The molecule has 2 N–H and O–H groups in total. The lowest BCUT2D eigenvalue weighted by Gasteiger charge is -2.15. The average Bonchev–Trinajstić information content (AvgIpc) is 3.20. The molecule has 0 bridgehead atoms. The second-order valence-electron chi connectivity index (χ2n) is 8.57. The fourth-order valence-electron chi connectivity index (χ4n) is 3.93. The van der Waals surface area contributed by atoms with Crippen LogP contribution in [0.2, 0.25) is 0 Å². The Hall–Kier alpha value is -3.81. The van der Waals surface area contributed by atoms with E-state index in [1.807, 2.05) is 44.3 Å². The van der Waals surface area contributed by atoms with Crippen molar-refractivity contribution in [1.82, 2.24) is 14.1 Å². The lowest BCUT2D eigenvalue weighted by atomic mass is 10.1. The molecule has 4 rings (SSSR count). The highest BCUT2D eigenvalue weighted by Crippen LogP contribution is 2.22. The van der Waals surface area contributed by atoms with Crippen LogP contribution in [0.3, 0.4) is 0 Å². The van der Waals surface area contributed by atoms with Gasteiger partial charge in [0.25, 0.3) is 5.56 Å². The number of nitrogens with one attached hydrogen (secondary N) is 1. The second-order valence-corrected chi connectivity index (χ2v) is 8.57. The fraction of sp³-hybridized carbons (Fsp3) is 0.320. The Bertz CT molecular complexity index is 1430. The van der Waals surface area contributed by atoms with Crippen molar-refractivity contribution in [2.75, 3.05) is 6.61 Å². The fourth-order valence-corrected chi connectivity index (χ4v) is 3.93. The minimum absolute atomic E-state index is 0.0326. The maximum atomic E-state index is 13.4. The average molecular weight is 450 g/mol. The molecule has 0 aliphatic rings. The van der Waals surface area contributed by atoms with Gasteiger partial charge in [0.1, 0.15) is 5.75 Å². The first kappa shape index (κ1) is 22.4. The summed E-state index contributed by atoms with van der Waals surface area (Å²) in [6.45, 7) is 4.88. The molecule has 0 aliphatic carbocycles. The zero-order chi connectivity index (χ0) is 23.5. The summed E-state index contributed by atoms with van der Waals surface area (Å²) >= 11 is 0. The van der Waals surface area contributed by atoms with Crippen molar-refractivity contribution >= 4 is 27.8 Å². The smallest absolute Gasteiger partial charge is 0.331 e. The van der Waals surface area contributed by atoms with Gasteiger partial charge in [-0.1, -0.05) is 32.0 Å². The lowest BCUT2D eigenvalue weighted by Crippen LogP contribution is -2.40. The number of rotatable bonds is 9. The van der Waals surface area contributed by atoms with Gasteiger partial charge in [0.05, 0.1) is 24.1 Å². The largest absolute Gasteiger partial charge is 0.493 e. The van der Waals surface area contributed by atoms with Gasteiger partial charge in [-0.15, -0.1) is 0 Å². The van der Waals surface area contributed by atoms with Gasteiger partial charge in [-0.05, 0) is 42.2 Å². The molecular formula is C25H27N3O5. The number of aromatic nitrogens is 3. The maximum absolute atomic E-state index is 13.4. The first-order chi connectivity index (χ1) is 15.8. The molecule has 0 amide bonds. The molecule has 172 valence electrons. The monoisotopic (exact) mass is 449 g/mol. The van der Waals surface area contributed by atoms with Gasteiger partial charge >= 0.3 is 11.7 Å². The Morgan fingerprint density at radius 2 is 1.88 bits per heavy atom. The highest BCUT2D eigenvalue weighted by Gasteiger charge is 2.16. The van der Waals surface area contributed by atoms with Crippen LogP contribution in [0.1, 0.15) is 32.3 Å². The summed E-state index contributed by atoms with van der Waals surface area (Å²) < 4.78 is 8.50. The van der Waals surface area contributed by atoms with E-state index in [1.54, 1.807) is 22.8 Å². The molecule has 0 unspecified atom stereocenters. The zero-order valence-corrected chi connectivity index (χ0v) is 18.7. The van der Waals surface area contributed by atoms with E-state index in [4.69, 9.17) is 9.84 Å². The molecule has 2 heterocycles. The van der Waals surface area contributed by atoms with E-state index < -0.39 is 17.2 Å². The number of hydrogen-bond acceptors (Lipinski definition) is 4. The zero-order valence-electron chi connectivity index (χ0n) is 18.7. The summed E-state index contributed by atoms with van der Waals surface area (Å²) in [5, 5.41) is 10.3. The summed E-state index contributed by atoms with van der Waals surface area (Å²) in [7, 11) is 0. The molecule has 0 fully saturated rings. The van der Waals surface area contributed by atoms with Crippen LogP contribution in [0.15, 0.2) is 58.3 Å². The van der Waals surface area contributed by atoms with Gasteiger partial charge in [-0.2, -0.15) is 0 Å². The van der Waals surface area contributed by atoms with Gasteiger partial charge in [0.15, 0.2) is 0 Å². The number of para-hydroxylation sites is 1. The highest BCUT2D eigenvalue weighted by molar-refractivity contribution is 5.84. The van der Waals surface area contributed by atoms with Crippen molar-refractivity contribution in [3.63, 3.8) is 0 Å². The number of benzene rings is 2. The molecule has 2 aromatic heterocycles. The van der Waals surface area contributed by atoms with Gasteiger partial charge in [0, 0.05) is 30.1 Å². The Labute approximate surface area is 190 Å². The number of carboxylic acids is 1. The number of ether oxygens (including phenoxy) is 1. The van der Waals surface area contributed by atoms with Crippen LogP contribution in [0, 0.1) is 5.92 Å². The lowest BCUT2D eigenvalue weighted by molar-refractivity contribution is -0.137. The summed E-state index contributed by atoms with van der Waals surface area (Å²) in [6.07, 6.45) is 1.93. The second kappa shape index (κ2) is 9.36. The van der Waals surface area contributed by atoms with Crippen LogP contribution in [0.25, 0.3) is 21.8 Å². The number of fused-ring (bicyclic) bond motifs is 2. The Morgan fingerprint density at radius 1 is 1.09 bits per heavy atom. The first-order valence-corrected chi connectivity index (χ1v) is 11.0. The van der Waals surface area contributed by atoms with Crippen molar-refractivity contribution < 1.29 is 14.6 Å². The molecule has 0 radical (unpaired) electrons. The molecule has 0 saturated heterocycles. The standard InChI is InChI=1S/C25H27N3O5/c1-16(2)15-33-18-9-10-22-20(12-18)24(31)27(11-5-8-23(29)30)25(32)28(22)14-17-13-26-21-7-4-3-6-19(17)21/h3-4,6-7,9-10,12-13,16,26H,5,8,11,14-15H2,1-2H3,(H,29,30). The van der Waals surface area contributed by atoms with Gasteiger partial charge in [0.2, 0.25) is 0 Å². The third-order valence-electron chi connectivity index (χ3n) is 5.56. The van der Waals surface area contributed by atoms with E-state index in [-0.39, 0.29) is 25.9 Å². The quantitative estimate of drug-likeness (QED) is 0.406. The normalized spacial score (nSPS) is 11.5. The predicted molar refractivity (Wildman–Crippen MR) is 127 cm³/mol. The van der Waals surface area contributed by atoms with E-state index in [2.05, 4.69) is 4.98 Å². The van der Waals surface area contributed by atoms with Gasteiger partial charge in [-0.3, -0.25) is 18.7 Å². The molecule has 0 spiro atoms. The van der Waals surface area contributed by atoms with Crippen LogP contribution >= 0.6 is 0 Å². The summed E-state index contributed by atoms with van der Waals surface area (Å²) in [5.74, 6) is -0.0841. The summed E-state index contributed by atoms with van der Waals surface area (Å²) in [6, 6.07) is 13.0. The third-order valence-corrected chi connectivity index (χ3v) is 5.56. The van der Waals surface area contributed by atoms with Crippen LogP contribution in [-0.4, -0.2) is 31.8 Å². The number of aromatic amines is 1. The molecule has 33 heavy (non-hydrogen) atoms. The van der Waals surface area contributed by atoms with Gasteiger partial charge in [-0.25, -0.2) is 4.79 Å². The van der Waals surface area contributed by atoms with Crippen molar-refractivity contribution in [2.24, 2.45) is 5.92 Å². The topological polar surface area (TPSA) is 106 Å². The number of nitrogens with zero attached hydrogens (tertiary/aromatic N) is 2. The minimum Gasteiger partial charge on any atom is -0.493 e. The molecule has 0 aliphatic heterocycles. The van der Waals surface area contributed by atoms with Crippen LogP contribution in [0.4, 0.5) is 0 Å². The van der Waals surface area contributed by atoms with Crippen LogP contribution in [-0.2, 0) is 17.9 Å². The minimum atomic E-state index is -0.965. The Morgan fingerprint density at radius 3 is 2.64 bits per heavy atom. The number of carbonyl (C=O) groups is 1. The molecule has 2 aromatic carbocycles. The Kier molecular flexibility index (Phi) is 6.35. The van der Waals surface area contributed by atoms with E-state index in [0.29, 0.717) is 29.2 Å². The first-order valence-electron chi connectivity index (χ1n) is 11.0. The number of aliphatic carboxylic acids is 1. The number of H-pyrrole nitrogens is 1. The van der Waals surface area contributed by atoms with Crippen molar-refractivity contribution in [3.05, 3.63) is 75.1 Å². The van der Waals surface area contributed by atoms with Crippen LogP contribution < -0.4 is 16.0 Å². The SMILES string of the molecule is CC(C)COc1ccc2c(c1)c(=O)n(CCCC(=O)O)c(=O)n2Cc1c[nH]c2ccccc12. The third kappa shape index (κ3) is 4.69. The number of hydrogen-bond donors (Lipinski definition) is 2. The summed E-state index contributed by atoms with van der Waals surface area (Å²) in [5.41, 5.74) is 1.50. The highest BCUT2D eigenvalue weighted by atomic mass is 16.5. The van der Waals surface area contributed by atoms with E-state index in [0.717, 1.165) is 21.0 Å². The Balaban J connectivity index is 1.84. The van der Waals surface area contributed by atoms with E-state index >= 15 is 0 Å².